The van der Waals surface area contributed by atoms with Gasteiger partial charge in [0.05, 0.1) is 6.10 Å². The topological polar surface area (TPSA) is 23.5 Å². The van der Waals surface area contributed by atoms with Crippen molar-refractivity contribution in [3.8, 4) is 0 Å². The second-order valence-electron chi connectivity index (χ2n) is 5.28. The molecule has 14 heavy (non-hydrogen) atoms. The van der Waals surface area contributed by atoms with E-state index in [4.69, 9.17) is 0 Å². The van der Waals surface area contributed by atoms with E-state index in [0.717, 1.165) is 18.9 Å². The largest absolute Gasteiger partial charge is 0.393 e. The van der Waals surface area contributed by atoms with Gasteiger partial charge in [0.15, 0.2) is 0 Å². The highest BCUT2D eigenvalue weighted by Crippen LogP contribution is 2.29. The van der Waals surface area contributed by atoms with Crippen molar-refractivity contribution in [2.45, 2.75) is 52.2 Å². The van der Waals surface area contributed by atoms with Crippen molar-refractivity contribution in [1.82, 2.24) is 4.90 Å². The number of rotatable bonds is 3. The van der Waals surface area contributed by atoms with E-state index < -0.39 is 0 Å². The van der Waals surface area contributed by atoms with Gasteiger partial charge in [-0.25, -0.2) is 0 Å². The van der Waals surface area contributed by atoms with Crippen molar-refractivity contribution in [2.75, 3.05) is 13.6 Å². The summed E-state index contributed by atoms with van der Waals surface area (Å²) in [6.45, 7) is 7.76. The van der Waals surface area contributed by atoms with Crippen LogP contribution in [0.15, 0.2) is 0 Å². The molecule has 0 heterocycles. The minimum Gasteiger partial charge on any atom is -0.393 e. The SMILES string of the molecule is CC1CCC(O)C(CN(C)C(C)C)C1. The lowest BCUT2D eigenvalue weighted by Gasteiger charge is -2.35. The normalized spacial score (nSPS) is 34.1. The second-order valence-corrected chi connectivity index (χ2v) is 5.28. The van der Waals surface area contributed by atoms with Crippen LogP contribution in [0.25, 0.3) is 0 Å². The van der Waals surface area contributed by atoms with Gasteiger partial charge in [-0.1, -0.05) is 6.92 Å². The summed E-state index contributed by atoms with van der Waals surface area (Å²) in [7, 11) is 2.15. The van der Waals surface area contributed by atoms with Crippen LogP contribution in [-0.4, -0.2) is 35.7 Å². The zero-order valence-corrected chi connectivity index (χ0v) is 10.0. The maximum atomic E-state index is 9.89. The fourth-order valence-electron chi connectivity index (χ4n) is 2.26. The van der Waals surface area contributed by atoms with Crippen LogP contribution in [0.4, 0.5) is 0 Å². The zero-order chi connectivity index (χ0) is 10.7. The van der Waals surface area contributed by atoms with E-state index in [1.165, 1.54) is 12.8 Å². The number of hydrogen-bond acceptors (Lipinski definition) is 2. The van der Waals surface area contributed by atoms with Gasteiger partial charge in [0.2, 0.25) is 0 Å². The zero-order valence-electron chi connectivity index (χ0n) is 10.0. The standard InChI is InChI=1S/C12H25NO/c1-9(2)13(4)8-11-7-10(3)5-6-12(11)14/h9-12,14H,5-8H2,1-4H3. The molecule has 2 nitrogen and oxygen atoms in total. The molecule has 1 N–H and O–H groups in total. The summed E-state index contributed by atoms with van der Waals surface area (Å²) < 4.78 is 0. The predicted molar refractivity (Wildman–Crippen MR) is 60.3 cm³/mol. The molecule has 2 heteroatoms. The summed E-state index contributed by atoms with van der Waals surface area (Å²) in [5, 5.41) is 9.89. The van der Waals surface area contributed by atoms with Crippen molar-refractivity contribution in [3.05, 3.63) is 0 Å². The second kappa shape index (κ2) is 5.13. The van der Waals surface area contributed by atoms with Crippen LogP contribution >= 0.6 is 0 Å². The lowest BCUT2D eigenvalue weighted by molar-refractivity contribution is 0.0303. The third-order valence-electron chi connectivity index (χ3n) is 3.61. The lowest BCUT2D eigenvalue weighted by atomic mass is 9.80. The summed E-state index contributed by atoms with van der Waals surface area (Å²) in [5.41, 5.74) is 0. The summed E-state index contributed by atoms with van der Waals surface area (Å²) in [6.07, 6.45) is 3.33. The molecule has 0 saturated heterocycles. The minimum atomic E-state index is -0.0626. The molecule has 84 valence electrons. The van der Waals surface area contributed by atoms with E-state index in [-0.39, 0.29) is 6.10 Å². The highest BCUT2D eigenvalue weighted by molar-refractivity contribution is 4.80. The monoisotopic (exact) mass is 199 g/mol. The summed E-state index contributed by atoms with van der Waals surface area (Å²) >= 11 is 0. The Hall–Kier alpha value is -0.0800. The molecule has 1 fully saturated rings. The third kappa shape index (κ3) is 3.25. The molecule has 0 aromatic heterocycles. The van der Waals surface area contributed by atoms with Gasteiger partial charge in [-0.3, -0.25) is 0 Å². The van der Waals surface area contributed by atoms with Gasteiger partial charge >= 0.3 is 0 Å². The first kappa shape index (κ1) is 12.0. The van der Waals surface area contributed by atoms with Gasteiger partial charge in [-0.15, -0.1) is 0 Å². The molecule has 1 saturated carbocycles. The van der Waals surface area contributed by atoms with Crippen LogP contribution < -0.4 is 0 Å². The molecule has 0 spiro atoms. The smallest absolute Gasteiger partial charge is 0.0580 e. The molecule has 0 amide bonds. The van der Waals surface area contributed by atoms with E-state index in [2.05, 4.69) is 32.7 Å². The van der Waals surface area contributed by atoms with Crippen LogP contribution in [0.1, 0.15) is 40.0 Å². The number of aliphatic hydroxyl groups is 1. The van der Waals surface area contributed by atoms with Gasteiger partial charge in [0, 0.05) is 12.6 Å². The van der Waals surface area contributed by atoms with Gasteiger partial charge < -0.3 is 10.0 Å². The minimum absolute atomic E-state index is 0.0626. The number of hydrogen-bond donors (Lipinski definition) is 1. The fraction of sp³-hybridized carbons (Fsp3) is 1.00. The van der Waals surface area contributed by atoms with Gasteiger partial charge in [-0.05, 0) is 52.0 Å². The van der Waals surface area contributed by atoms with E-state index >= 15 is 0 Å². The Bertz CT molecular complexity index is 170. The van der Waals surface area contributed by atoms with Crippen molar-refractivity contribution in [1.29, 1.82) is 0 Å². The molecule has 0 aromatic rings. The van der Waals surface area contributed by atoms with E-state index in [9.17, 15) is 5.11 Å². The highest BCUT2D eigenvalue weighted by atomic mass is 16.3. The Balaban J connectivity index is 2.41. The third-order valence-corrected chi connectivity index (χ3v) is 3.61. The first-order valence-corrected chi connectivity index (χ1v) is 5.89. The molecule has 1 rings (SSSR count). The Morgan fingerprint density at radius 3 is 2.57 bits per heavy atom. The molecular weight excluding hydrogens is 174 g/mol. The molecule has 0 radical (unpaired) electrons. The molecule has 3 unspecified atom stereocenters. The highest BCUT2D eigenvalue weighted by Gasteiger charge is 2.28. The molecule has 3 atom stereocenters. The summed E-state index contributed by atoms with van der Waals surface area (Å²) in [5.74, 6) is 1.29. The lowest BCUT2D eigenvalue weighted by Crippen LogP contribution is -2.39. The predicted octanol–water partition coefficient (Wildman–Crippen LogP) is 2.12. The van der Waals surface area contributed by atoms with Crippen molar-refractivity contribution >= 4 is 0 Å². The van der Waals surface area contributed by atoms with Gasteiger partial charge in [0.1, 0.15) is 0 Å². The molecule has 1 aliphatic rings. The molecule has 1 aliphatic carbocycles. The Labute approximate surface area is 88.3 Å². The van der Waals surface area contributed by atoms with Gasteiger partial charge in [0.25, 0.3) is 0 Å². The summed E-state index contributed by atoms with van der Waals surface area (Å²) in [4.78, 5) is 2.34. The van der Waals surface area contributed by atoms with Crippen LogP contribution in [-0.2, 0) is 0 Å². The first-order chi connectivity index (χ1) is 6.50. The van der Waals surface area contributed by atoms with E-state index in [1.54, 1.807) is 0 Å². The van der Waals surface area contributed by atoms with Crippen molar-refractivity contribution < 1.29 is 5.11 Å². The summed E-state index contributed by atoms with van der Waals surface area (Å²) in [6, 6.07) is 0.583. The fourth-order valence-corrected chi connectivity index (χ4v) is 2.26. The quantitative estimate of drug-likeness (QED) is 0.752. The number of nitrogens with zero attached hydrogens (tertiary/aromatic N) is 1. The molecule has 0 aromatic carbocycles. The Morgan fingerprint density at radius 2 is 2.00 bits per heavy atom. The van der Waals surface area contributed by atoms with E-state index in [1.807, 2.05) is 0 Å². The molecular formula is C12H25NO. The van der Waals surface area contributed by atoms with Crippen LogP contribution in [0.2, 0.25) is 0 Å². The maximum absolute atomic E-state index is 9.89. The molecule has 0 aliphatic heterocycles. The average molecular weight is 199 g/mol. The van der Waals surface area contributed by atoms with E-state index in [0.29, 0.717) is 12.0 Å². The Morgan fingerprint density at radius 1 is 1.36 bits per heavy atom. The average Bonchev–Trinajstić information content (AvgIpc) is 2.11. The van der Waals surface area contributed by atoms with Crippen LogP contribution in [0.3, 0.4) is 0 Å². The van der Waals surface area contributed by atoms with Crippen LogP contribution in [0, 0.1) is 11.8 Å². The van der Waals surface area contributed by atoms with Crippen molar-refractivity contribution in [2.24, 2.45) is 11.8 Å². The Kier molecular flexibility index (Phi) is 4.39. The van der Waals surface area contributed by atoms with Crippen LogP contribution in [0.5, 0.6) is 0 Å². The van der Waals surface area contributed by atoms with Crippen molar-refractivity contribution in [3.63, 3.8) is 0 Å². The molecule has 0 bridgehead atoms. The maximum Gasteiger partial charge on any atom is 0.0580 e. The first-order valence-electron chi connectivity index (χ1n) is 5.89. The van der Waals surface area contributed by atoms with Gasteiger partial charge in [-0.2, -0.15) is 0 Å². The number of aliphatic hydroxyl groups excluding tert-OH is 1.